The molecule has 0 radical (unpaired) electrons. The Hall–Kier alpha value is -1.62. The molecule has 4 nitrogen and oxygen atoms in total. The van der Waals surface area contributed by atoms with E-state index in [9.17, 15) is 4.79 Å². The molecule has 2 N–H and O–H groups in total. The molecule has 20 heavy (non-hydrogen) atoms. The normalized spacial score (nSPS) is 10.8. The zero-order chi connectivity index (χ0) is 14.9. The maximum absolute atomic E-state index is 11.7. The number of H-pyrrole nitrogens is 1. The van der Waals surface area contributed by atoms with Gasteiger partial charge in [-0.25, -0.2) is 4.98 Å². The van der Waals surface area contributed by atoms with Gasteiger partial charge in [-0.1, -0.05) is 6.92 Å². The summed E-state index contributed by atoms with van der Waals surface area (Å²) in [7, 11) is 0. The number of rotatable bonds is 5. The molecule has 0 aliphatic rings. The Morgan fingerprint density at radius 3 is 2.60 bits per heavy atom. The van der Waals surface area contributed by atoms with Crippen LogP contribution in [-0.4, -0.2) is 22.3 Å². The van der Waals surface area contributed by atoms with Crippen LogP contribution in [0.3, 0.4) is 0 Å². The van der Waals surface area contributed by atoms with Crippen molar-refractivity contribution < 1.29 is 4.79 Å². The molecule has 0 amide bonds. The van der Waals surface area contributed by atoms with E-state index in [4.69, 9.17) is 0 Å². The molecule has 0 unspecified atom stereocenters. The van der Waals surface area contributed by atoms with Gasteiger partial charge in [-0.2, -0.15) is 0 Å². The number of hydrogen-bond donors (Lipinski definition) is 2. The maximum atomic E-state index is 11.7. The SMILES string of the molecule is CCCNc1nc(-c2[nH]c(C)c(C(C)=O)c2C)c(C)s1. The fourth-order valence-corrected chi connectivity index (χ4v) is 3.30. The van der Waals surface area contributed by atoms with E-state index in [2.05, 4.69) is 29.1 Å². The molecular formula is C15H21N3OS. The number of nitrogens with zero attached hydrogens (tertiary/aromatic N) is 1. The second-order valence-electron chi connectivity index (χ2n) is 5.03. The number of aromatic amines is 1. The molecule has 0 saturated carbocycles. The topological polar surface area (TPSA) is 57.8 Å². The number of Topliss-reactive ketones (excluding diaryl/α,β-unsaturated/α-hetero) is 1. The number of aromatic nitrogens is 2. The lowest BCUT2D eigenvalue weighted by Crippen LogP contribution is -1.98. The van der Waals surface area contributed by atoms with Gasteiger partial charge in [0, 0.05) is 22.7 Å². The molecule has 0 saturated heterocycles. The molecule has 0 bridgehead atoms. The average molecular weight is 291 g/mol. The Morgan fingerprint density at radius 2 is 2.05 bits per heavy atom. The highest BCUT2D eigenvalue weighted by molar-refractivity contribution is 7.16. The second kappa shape index (κ2) is 5.79. The molecule has 2 aromatic rings. The molecule has 0 atom stereocenters. The van der Waals surface area contributed by atoms with Gasteiger partial charge in [-0.15, -0.1) is 11.3 Å². The minimum absolute atomic E-state index is 0.0970. The van der Waals surface area contributed by atoms with E-state index < -0.39 is 0 Å². The van der Waals surface area contributed by atoms with Crippen LogP contribution in [0.5, 0.6) is 0 Å². The van der Waals surface area contributed by atoms with Gasteiger partial charge in [-0.05, 0) is 39.7 Å². The van der Waals surface area contributed by atoms with Gasteiger partial charge < -0.3 is 10.3 Å². The van der Waals surface area contributed by atoms with Crippen molar-refractivity contribution in [1.82, 2.24) is 9.97 Å². The average Bonchev–Trinajstić information content (AvgIpc) is 2.87. The number of nitrogens with one attached hydrogen (secondary N) is 2. The van der Waals surface area contributed by atoms with E-state index >= 15 is 0 Å². The van der Waals surface area contributed by atoms with E-state index in [0.717, 1.165) is 51.2 Å². The van der Waals surface area contributed by atoms with Crippen molar-refractivity contribution in [3.05, 3.63) is 21.7 Å². The van der Waals surface area contributed by atoms with Crippen LogP contribution >= 0.6 is 11.3 Å². The number of thiazole rings is 1. The molecule has 0 spiro atoms. The van der Waals surface area contributed by atoms with Crippen LogP contribution < -0.4 is 5.32 Å². The fraction of sp³-hybridized carbons (Fsp3) is 0.467. The van der Waals surface area contributed by atoms with Gasteiger partial charge in [0.15, 0.2) is 10.9 Å². The highest BCUT2D eigenvalue weighted by atomic mass is 32.1. The summed E-state index contributed by atoms with van der Waals surface area (Å²) in [5.74, 6) is 0.0970. The maximum Gasteiger partial charge on any atom is 0.183 e. The largest absolute Gasteiger partial charge is 0.362 e. The first-order valence-corrected chi connectivity index (χ1v) is 7.69. The number of carbonyl (C=O) groups is 1. The third-order valence-electron chi connectivity index (χ3n) is 3.35. The first-order valence-electron chi connectivity index (χ1n) is 6.87. The molecule has 5 heteroatoms. The standard InChI is InChI=1S/C15H21N3OS/c1-6-7-16-15-18-14(11(5)20-15)13-8(2)12(10(4)19)9(3)17-13/h17H,6-7H2,1-5H3,(H,16,18). The van der Waals surface area contributed by atoms with Crippen LogP contribution in [0.25, 0.3) is 11.4 Å². The number of anilines is 1. The Bertz CT molecular complexity index is 640. The third kappa shape index (κ3) is 2.63. The van der Waals surface area contributed by atoms with Crippen LogP contribution in [0.2, 0.25) is 0 Å². The Labute approximate surface area is 123 Å². The number of ketones is 1. The molecular weight excluding hydrogens is 270 g/mol. The second-order valence-corrected chi connectivity index (χ2v) is 6.23. The molecule has 0 aromatic carbocycles. The first kappa shape index (κ1) is 14.8. The molecule has 0 aliphatic carbocycles. The Kier molecular flexibility index (Phi) is 4.28. The monoisotopic (exact) mass is 291 g/mol. The summed E-state index contributed by atoms with van der Waals surface area (Å²) in [4.78, 5) is 20.8. The summed E-state index contributed by atoms with van der Waals surface area (Å²) in [5.41, 5.74) is 4.61. The van der Waals surface area contributed by atoms with E-state index in [1.807, 2.05) is 13.8 Å². The van der Waals surface area contributed by atoms with Crippen molar-refractivity contribution in [2.45, 2.75) is 41.0 Å². The fourth-order valence-electron chi connectivity index (χ4n) is 2.45. The van der Waals surface area contributed by atoms with Crippen molar-refractivity contribution in [3.63, 3.8) is 0 Å². The zero-order valence-electron chi connectivity index (χ0n) is 12.7. The van der Waals surface area contributed by atoms with Crippen molar-refractivity contribution in [2.24, 2.45) is 0 Å². The van der Waals surface area contributed by atoms with Crippen LogP contribution in [0.15, 0.2) is 0 Å². The Morgan fingerprint density at radius 1 is 1.35 bits per heavy atom. The van der Waals surface area contributed by atoms with Crippen molar-refractivity contribution in [2.75, 3.05) is 11.9 Å². The van der Waals surface area contributed by atoms with Crippen LogP contribution in [0.4, 0.5) is 5.13 Å². The predicted molar refractivity (Wildman–Crippen MR) is 84.9 cm³/mol. The van der Waals surface area contributed by atoms with E-state index in [-0.39, 0.29) is 5.78 Å². The minimum Gasteiger partial charge on any atom is -0.362 e. The Balaban J connectivity index is 2.44. The lowest BCUT2D eigenvalue weighted by Gasteiger charge is -1.99. The van der Waals surface area contributed by atoms with Crippen molar-refractivity contribution >= 4 is 22.3 Å². The van der Waals surface area contributed by atoms with Crippen molar-refractivity contribution in [1.29, 1.82) is 0 Å². The summed E-state index contributed by atoms with van der Waals surface area (Å²) >= 11 is 1.65. The number of hydrogen-bond acceptors (Lipinski definition) is 4. The molecule has 108 valence electrons. The minimum atomic E-state index is 0.0970. The smallest absolute Gasteiger partial charge is 0.183 e. The van der Waals surface area contributed by atoms with E-state index in [0.29, 0.717) is 0 Å². The highest BCUT2D eigenvalue weighted by Crippen LogP contribution is 2.33. The molecule has 2 heterocycles. The molecule has 0 fully saturated rings. The van der Waals surface area contributed by atoms with Crippen molar-refractivity contribution in [3.8, 4) is 11.4 Å². The molecule has 2 aromatic heterocycles. The van der Waals surface area contributed by atoms with Crippen LogP contribution in [0, 0.1) is 20.8 Å². The van der Waals surface area contributed by atoms with Gasteiger partial charge in [0.25, 0.3) is 0 Å². The first-order chi connectivity index (χ1) is 9.45. The van der Waals surface area contributed by atoms with Gasteiger partial charge in [0.2, 0.25) is 0 Å². The van der Waals surface area contributed by atoms with Gasteiger partial charge in [-0.3, -0.25) is 4.79 Å². The van der Waals surface area contributed by atoms with Gasteiger partial charge in [0.05, 0.1) is 5.69 Å². The molecule has 0 aliphatic heterocycles. The van der Waals surface area contributed by atoms with E-state index in [1.165, 1.54) is 0 Å². The summed E-state index contributed by atoms with van der Waals surface area (Å²) in [6.07, 6.45) is 1.07. The van der Waals surface area contributed by atoms with Gasteiger partial charge >= 0.3 is 0 Å². The molecule has 2 rings (SSSR count). The van der Waals surface area contributed by atoms with Crippen LogP contribution in [-0.2, 0) is 0 Å². The quantitative estimate of drug-likeness (QED) is 0.816. The predicted octanol–water partition coefficient (Wildman–Crippen LogP) is 4.09. The third-order valence-corrected chi connectivity index (χ3v) is 4.28. The lowest BCUT2D eigenvalue weighted by molar-refractivity contribution is 0.101. The lowest BCUT2D eigenvalue weighted by atomic mass is 10.1. The number of aryl methyl sites for hydroxylation is 2. The zero-order valence-corrected chi connectivity index (χ0v) is 13.5. The summed E-state index contributed by atoms with van der Waals surface area (Å²) in [6, 6.07) is 0. The van der Waals surface area contributed by atoms with Gasteiger partial charge in [0.1, 0.15) is 5.69 Å². The summed E-state index contributed by atoms with van der Waals surface area (Å²) in [6.45, 7) is 10.6. The van der Waals surface area contributed by atoms with E-state index in [1.54, 1.807) is 18.3 Å². The highest BCUT2D eigenvalue weighted by Gasteiger charge is 2.19. The van der Waals surface area contributed by atoms with Crippen LogP contribution in [0.1, 0.15) is 46.8 Å². The number of carbonyl (C=O) groups excluding carboxylic acids is 1. The summed E-state index contributed by atoms with van der Waals surface area (Å²) in [5, 5.41) is 4.26. The summed E-state index contributed by atoms with van der Waals surface area (Å²) < 4.78 is 0.